The SMILES string of the molecule is CC(C)(C)OC(=O)N[C@H]1CCCCCC=C[C@@H]2C[C@@]2(C(=O)NS(=O)(=O)Nc2ccc(F)cc2)NC(=O)[C@@H]2CCCN2C1=O. The molecule has 0 radical (unpaired) electrons. The van der Waals surface area contributed by atoms with Gasteiger partial charge in [0.05, 0.1) is 5.69 Å². The van der Waals surface area contributed by atoms with E-state index in [4.69, 9.17) is 4.74 Å². The van der Waals surface area contributed by atoms with Crippen LogP contribution in [0.1, 0.15) is 72.1 Å². The number of ether oxygens (including phenoxy) is 1. The average Bonchev–Trinajstić information content (AvgIpc) is 3.36. The Hall–Kier alpha value is -3.68. The van der Waals surface area contributed by atoms with Gasteiger partial charge in [-0.05, 0) is 83.6 Å². The summed E-state index contributed by atoms with van der Waals surface area (Å²) in [4.78, 5) is 54.7. The molecule has 1 aromatic carbocycles. The number of nitrogens with one attached hydrogen (secondary N) is 4. The van der Waals surface area contributed by atoms with Crippen molar-refractivity contribution >= 4 is 39.7 Å². The number of rotatable bonds is 5. The first-order valence-electron chi connectivity index (χ1n) is 14.6. The molecule has 4 atom stereocenters. The summed E-state index contributed by atoms with van der Waals surface area (Å²) in [5.74, 6) is -2.91. The van der Waals surface area contributed by atoms with E-state index in [1.165, 1.54) is 17.0 Å². The smallest absolute Gasteiger partial charge is 0.408 e. The first kappa shape index (κ1) is 32.2. The number of benzene rings is 1. The lowest BCUT2D eigenvalue weighted by molar-refractivity contribution is -0.141. The molecule has 1 saturated heterocycles. The van der Waals surface area contributed by atoms with Crippen LogP contribution in [0.25, 0.3) is 0 Å². The molecule has 1 aliphatic carbocycles. The number of fused-ring (bicyclic) bond motifs is 2. The normalized spacial score (nSPS) is 26.6. The molecule has 0 aromatic heterocycles. The number of carbonyl (C=O) groups is 4. The predicted molar refractivity (Wildman–Crippen MR) is 156 cm³/mol. The summed E-state index contributed by atoms with van der Waals surface area (Å²) in [6.07, 6.45) is 7.36. The molecule has 14 heteroatoms. The topological polar surface area (TPSA) is 163 Å². The van der Waals surface area contributed by atoms with Gasteiger partial charge in [-0.2, -0.15) is 8.42 Å². The maximum atomic E-state index is 13.7. The van der Waals surface area contributed by atoms with E-state index < -0.39 is 69.0 Å². The number of halogens is 1. The van der Waals surface area contributed by atoms with E-state index in [2.05, 4.69) is 15.4 Å². The molecule has 2 aliphatic heterocycles. The van der Waals surface area contributed by atoms with Crippen molar-refractivity contribution in [2.24, 2.45) is 5.92 Å². The second-order valence-electron chi connectivity index (χ2n) is 12.3. The van der Waals surface area contributed by atoms with Crippen molar-refractivity contribution in [1.82, 2.24) is 20.3 Å². The highest BCUT2D eigenvalue weighted by atomic mass is 32.2. The van der Waals surface area contributed by atoms with Crippen molar-refractivity contribution in [3.63, 3.8) is 0 Å². The highest BCUT2D eigenvalue weighted by molar-refractivity contribution is 7.91. The molecule has 4 N–H and O–H groups in total. The van der Waals surface area contributed by atoms with Gasteiger partial charge in [0.15, 0.2) is 0 Å². The lowest BCUT2D eigenvalue weighted by atomic mass is 10.0. The number of hydrogen-bond donors (Lipinski definition) is 4. The summed E-state index contributed by atoms with van der Waals surface area (Å²) in [6, 6.07) is 2.78. The molecule has 4 rings (SSSR count). The van der Waals surface area contributed by atoms with Crippen LogP contribution in [0.2, 0.25) is 0 Å². The molecule has 4 amide bonds. The zero-order valence-electron chi connectivity index (χ0n) is 24.7. The Kier molecular flexibility index (Phi) is 9.67. The monoisotopic (exact) mass is 621 g/mol. The van der Waals surface area contributed by atoms with Crippen molar-refractivity contribution < 1.29 is 36.7 Å². The summed E-state index contributed by atoms with van der Waals surface area (Å²) in [5, 5.41) is 5.44. The van der Waals surface area contributed by atoms with Gasteiger partial charge < -0.3 is 20.3 Å². The van der Waals surface area contributed by atoms with Crippen LogP contribution < -0.4 is 20.1 Å². The number of allylic oxidation sites excluding steroid dienone is 1. The Morgan fingerprint density at radius 1 is 1.07 bits per heavy atom. The Morgan fingerprint density at radius 2 is 1.79 bits per heavy atom. The van der Waals surface area contributed by atoms with Gasteiger partial charge in [-0.15, -0.1) is 0 Å². The fourth-order valence-electron chi connectivity index (χ4n) is 5.46. The minimum atomic E-state index is -4.41. The Bertz CT molecular complexity index is 1360. The first-order chi connectivity index (χ1) is 20.2. The Labute approximate surface area is 251 Å². The lowest BCUT2D eigenvalue weighted by Crippen LogP contribution is -2.58. The van der Waals surface area contributed by atoms with Crippen LogP contribution in [0.15, 0.2) is 36.4 Å². The second kappa shape index (κ2) is 12.9. The molecule has 12 nitrogen and oxygen atoms in total. The van der Waals surface area contributed by atoms with Gasteiger partial charge in [0.1, 0.15) is 29.0 Å². The number of anilines is 1. The molecular weight excluding hydrogens is 581 g/mol. The highest BCUT2D eigenvalue weighted by Crippen LogP contribution is 2.45. The Morgan fingerprint density at radius 3 is 2.49 bits per heavy atom. The Balaban J connectivity index is 1.53. The van der Waals surface area contributed by atoms with E-state index in [0.29, 0.717) is 38.6 Å². The van der Waals surface area contributed by atoms with Crippen LogP contribution in [-0.2, 0) is 29.3 Å². The second-order valence-corrected chi connectivity index (χ2v) is 13.7. The summed E-state index contributed by atoms with van der Waals surface area (Å²) in [5.41, 5.74) is -2.24. The molecule has 0 bridgehead atoms. The quantitative estimate of drug-likeness (QED) is 0.368. The fourth-order valence-corrected chi connectivity index (χ4v) is 6.38. The van der Waals surface area contributed by atoms with E-state index in [1.807, 2.05) is 16.9 Å². The number of amides is 4. The zero-order chi connectivity index (χ0) is 31.4. The minimum Gasteiger partial charge on any atom is -0.444 e. The van der Waals surface area contributed by atoms with Gasteiger partial charge in [-0.25, -0.2) is 13.9 Å². The van der Waals surface area contributed by atoms with E-state index in [1.54, 1.807) is 20.8 Å². The van der Waals surface area contributed by atoms with Gasteiger partial charge in [0.2, 0.25) is 11.8 Å². The van der Waals surface area contributed by atoms with Gasteiger partial charge in [0.25, 0.3) is 5.91 Å². The highest BCUT2D eigenvalue weighted by Gasteiger charge is 2.61. The standard InChI is InChI=1S/C29H40FN5O7S/c1-28(2,3)42-27(39)31-22-11-8-6-4-5-7-10-19-18-29(19,32-24(36)23-12-9-17-35(23)25(22)37)26(38)34-43(40,41)33-21-15-13-20(30)14-16-21/h7,10,13-16,19,22-23,33H,4-6,8-9,11-12,17-18H2,1-3H3,(H,31,39)(H,32,36)(H,34,38)/t19-,22+,23+,29-/m1/s1. The van der Waals surface area contributed by atoms with Crippen LogP contribution >= 0.6 is 0 Å². The molecule has 3 aliphatic rings. The molecule has 0 spiro atoms. The molecular formula is C29H40FN5O7S. The van der Waals surface area contributed by atoms with E-state index >= 15 is 0 Å². The number of alkyl carbamates (subject to hydrolysis) is 1. The van der Waals surface area contributed by atoms with E-state index in [0.717, 1.165) is 25.0 Å². The van der Waals surface area contributed by atoms with Gasteiger partial charge in [-0.1, -0.05) is 25.0 Å². The third-order valence-electron chi connectivity index (χ3n) is 7.65. The van der Waals surface area contributed by atoms with Crippen LogP contribution in [-0.4, -0.2) is 66.9 Å². The number of nitrogens with zero attached hydrogens (tertiary/aromatic N) is 1. The van der Waals surface area contributed by atoms with E-state index in [-0.39, 0.29) is 12.1 Å². The molecule has 2 heterocycles. The van der Waals surface area contributed by atoms with Gasteiger partial charge in [0, 0.05) is 12.5 Å². The molecule has 1 aromatic rings. The fraction of sp³-hybridized carbons (Fsp3) is 0.586. The van der Waals surface area contributed by atoms with Gasteiger partial charge >= 0.3 is 16.3 Å². The molecule has 43 heavy (non-hydrogen) atoms. The maximum absolute atomic E-state index is 13.7. The first-order valence-corrected chi connectivity index (χ1v) is 16.1. The summed E-state index contributed by atoms with van der Waals surface area (Å²) >= 11 is 0. The largest absolute Gasteiger partial charge is 0.444 e. The maximum Gasteiger partial charge on any atom is 0.408 e. The minimum absolute atomic E-state index is 0.0483. The zero-order valence-corrected chi connectivity index (χ0v) is 25.5. The van der Waals surface area contributed by atoms with Crippen molar-refractivity contribution in [2.45, 2.75) is 95.4 Å². The van der Waals surface area contributed by atoms with Crippen LogP contribution in [0.4, 0.5) is 14.9 Å². The number of carbonyl (C=O) groups excluding carboxylic acids is 4. The lowest BCUT2D eigenvalue weighted by Gasteiger charge is -2.30. The van der Waals surface area contributed by atoms with Crippen molar-refractivity contribution in [3.05, 3.63) is 42.2 Å². The molecule has 1 saturated carbocycles. The molecule has 0 unspecified atom stereocenters. The third-order valence-corrected chi connectivity index (χ3v) is 8.61. The van der Waals surface area contributed by atoms with Crippen molar-refractivity contribution in [1.29, 1.82) is 0 Å². The molecule has 236 valence electrons. The summed E-state index contributed by atoms with van der Waals surface area (Å²) in [7, 11) is -4.41. The van der Waals surface area contributed by atoms with Crippen LogP contribution in [0.3, 0.4) is 0 Å². The van der Waals surface area contributed by atoms with Crippen molar-refractivity contribution in [2.75, 3.05) is 11.3 Å². The number of hydrogen-bond acceptors (Lipinski definition) is 7. The van der Waals surface area contributed by atoms with Gasteiger partial charge in [-0.3, -0.25) is 19.1 Å². The summed E-state index contributed by atoms with van der Waals surface area (Å²) in [6.45, 7) is 5.46. The van der Waals surface area contributed by atoms with Crippen molar-refractivity contribution in [3.8, 4) is 0 Å². The predicted octanol–water partition coefficient (Wildman–Crippen LogP) is 2.88. The third kappa shape index (κ3) is 8.46. The van der Waals surface area contributed by atoms with Crippen LogP contribution in [0, 0.1) is 11.7 Å². The molecule has 2 fully saturated rings. The van der Waals surface area contributed by atoms with E-state index in [9.17, 15) is 32.0 Å². The summed E-state index contributed by atoms with van der Waals surface area (Å²) < 4.78 is 48.3. The van der Waals surface area contributed by atoms with Crippen LogP contribution in [0.5, 0.6) is 0 Å². The average molecular weight is 622 g/mol.